The monoisotopic (exact) mass is 233 g/mol. The molecule has 4 nitrogen and oxygen atoms in total. The van der Waals surface area contributed by atoms with Crippen LogP contribution in [0.5, 0.6) is 0 Å². The molecule has 1 aromatic carbocycles. The number of carbonyl (C=O) groups excluding carboxylic acids is 1. The molecule has 0 aliphatic rings. The molecule has 17 heavy (non-hydrogen) atoms. The Morgan fingerprint density at radius 3 is 2.82 bits per heavy atom. The van der Waals surface area contributed by atoms with E-state index in [1.807, 2.05) is 6.07 Å². The van der Waals surface area contributed by atoms with Gasteiger partial charge < -0.3 is 11.1 Å². The van der Waals surface area contributed by atoms with Crippen molar-refractivity contribution in [3.63, 3.8) is 0 Å². The van der Waals surface area contributed by atoms with E-state index in [1.54, 1.807) is 0 Å². The summed E-state index contributed by atoms with van der Waals surface area (Å²) in [7, 11) is 0. The molecule has 0 aromatic heterocycles. The van der Waals surface area contributed by atoms with Crippen LogP contribution in [0, 0.1) is 22.6 Å². The third kappa shape index (κ3) is 3.20. The smallest absolute Gasteiger partial charge is 0.192 e. The number of hydrogen-bond donors (Lipinski definition) is 2. The first kappa shape index (κ1) is 13.0. The summed E-state index contributed by atoms with van der Waals surface area (Å²) in [6, 6.07) is 4.92. The van der Waals surface area contributed by atoms with E-state index in [4.69, 9.17) is 16.4 Å². The fraction of sp³-hybridized carbons (Fsp3) is 0.250. The highest BCUT2D eigenvalue weighted by molar-refractivity contribution is 6.40. The Balaban J connectivity index is 2.92. The fourth-order valence-corrected chi connectivity index (χ4v) is 1.33. The zero-order valence-electron chi connectivity index (χ0n) is 9.33. The minimum absolute atomic E-state index is 0.151. The standard InChI is InChI=1S/C12H12FN3O/c1-7(15)12(17)11(16)5-9-4-8(6-14)2-3-10(9)13/h2-4,7,16H,5,15H2,1H3/t7-/m0/s1. The summed E-state index contributed by atoms with van der Waals surface area (Å²) in [6.45, 7) is 1.47. The van der Waals surface area contributed by atoms with Gasteiger partial charge in [0.05, 0.1) is 23.4 Å². The highest BCUT2D eigenvalue weighted by Gasteiger charge is 2.16. The molecular weight excluding hydrogens is 221 g/mol. The van der Waals surface area contributed by atoms with Gasteiger partial charge in [-0.2, -0.15) is 5.26 Å². The van der Waals surface area contributed by atoms with Gasteiger partial charge in [0.15, 0.2) is 5.78 Å². The van der Waals surface area contributed by atoms with E-state index in [9.17, 15) is 9.18 Å². The molecule has 0 fully saturated rings. The van der Waals surface area contributed by atoms with E-state index in [2.05, 4.69) is 0 Å². The first-order valence-corrected chi connectivity index (χ1v) is 5.01. The quantitative estimate of drug-likeness (QED) is 0.765. The molecule has 0 aliphatic heterocycles. The van der Waals surface area contributed by atoms with E-state index < -0.39 is 17.6 Å². The number of rotatable bonds is 4. The highest BCUT2D eigenvalue weighted by atomic mass is 19.1. The van der Waals surface area contributed by atoms with E-state index >= 15 is 0 Å². The van der Waals surface area contributed by atoms with Gasteiger partial charge in [-0.1, -0.05) is 0 Å². The van der Waals surface area contributed by atoms with Gasteiger partial charge in [-0.3, -0.25) is 4.79 Å². The van der Waals surface area contributed by atoms with Gasteiger partial charge in [0.2, 0.25) is 0 Å². The summed E-state index contributed by atoms with van der Waals surface area (Å²) in [5, 5.41) is 16.2. The predicted octanol–water partition coefficient (Wildman–Crippen LogP) is 1.18. The first-order chi connectivity index (χ1) is 7.95. The number of nitrogens with zero attached hydrogens (tertiary/aromatic N) is 1. The Bertz CT molecular complexity index is 503. The van der Waals surface area contributed by atoms with E-state index in [-0.39, 0.29) is 17.7 Å². The number of nitrogens with two attached hydrogens (primary N) is 1. The molecule has 0 aliphatic carbocycles. The van der Waals surface area contributed by atoms with Crippen molar-refractivity contribution in [2.75, 3.05) is 0 Å². The van der Waals surface area contributed by atoms with E-state index in [1.165, 1.54) is 19.1 Å². The lowest BCUT2D eigenvalue weighted by Gasteiger charge is -2.07. The van der Waals surface area contributed by atoms with Crippen LogP contribution in [0.25, 0.3) is 0 Å². The van der Waals surface area contributed by atoms with Crippen LogP contribution in [0.2, 0.25) is 0 Å². The summed E-state index contributed by atoms with van der Waals surface area (Å²) in [6.07, 6.45) is -0.151. The van der Waals surface area contributed by atoms with Crippen molar-refractivity contribution < 1.29 is 9.18 Å². The van der Waals surface area contributed by atoms with Crippen LogP contribution in [-0.4, -0.2) is 17.5 Å². The predicted molar refractivity (Wildman–Crippen MR) is 61.2 cm³/mol. The molecule has 0 unspecified atom stereocenters. The molecule has 5 heteroatoms. The van der Waals surface area contributed by atoms with Gasteiger partial charge in [0, 0.05) is 6.42 Å². The maximum atomic E-state index is 13.4. The number of Topliss-reactive ketones (excluding diaryl/α,β-unsaturated/α-hetero) is 1. The summed E-state index contributed by atoms with van der Waals surface area (Å²) < 4.78 is 13.4. The molecule has 0 heterocycles. The number of halogens is 1. The average Bonchev–Trinajstić information content (AvgIpc) is 2.30. The number of ketones is 1. The van der Waals surface area contributed by atoms with Crippen LogP contribution < -0.4 is 5.73 Å². The van der Waals surface area contributed by atoms with Crippen LogP contribution >= 0.6 is 0 Å². The summed E-state index contributed by atoms with van der Waals surface area (Å²) >= 11 is 0. The molecule has 0 radical (unpaired) electrons. The average molecular weight is 233 g/mol. The third-order valence-corrected chi connectivity index (χ3v) is 2.25. The lowest BCUT2D eigenvalue weighted by Crippen LogP contribution is -2.33. The van der Waals surface area contributed by atoms with Crippen molar-refractivity contribution in [1.82, 2.24) is 0 Å². The van der Waals surface area contributed by atoms with Gasteiger partial charge in [0.1, 0.15) is 5.82 Å². The molecule has 1 rings (SSSR count). The fourth-order valence-electron chi connectivity index (χ4n) is 1.33. The SMILES string of the molecule is C[C@H](N)C(=O)C(=N)Cc1cc(C#N)ccc1F. The maximum absolute atomic E-state index is 13.4. The molecule has 0 saturated carbocycles. The summed E-state index contributed by atoms with van der Waals surface area (Å²) in [5.41, 5.74) is 5.54. The van der Waals surface area contributed by atoms with Crippen molar-refractivity contribution in [1.29, 1.82) is 10.7 Å². The van der Waals surface area contributed by atoms with Crippen LogP contribution in [0.1, 0.15) is 18.1 Å². The molecule has 1 atom stereocenters. The van der Waals surface area contributed by atoms with Crippen LogP contribution in [0.4, 0.5) is 4.39 Å². The van der Waals surface area contributed by atoms with Crippen molar-refractivity contribution >= 4 is 11.5 Å². The number of hydrogen-bond acceptors (Lipinski definition) is 4. The first-order valence-electron chi connectivity index (χ1n) is 5.01. The Hall–Kier alpha value is -2.06. The lowest BCUT2D eigenvalue weighted by atomic mass is 10.0. The van der Waals surface area contributed by atoms with E-state index in [0.29, 0.717) is 5.56 Å². The third-order valence-electron chi connectivity index (χ3n) is 2.25. The van der Waals surface area contributed by atoms with Gasteiger partial charge >= 0.3 is 0 Å². The molecule has 1 aromatic rings. The highest BCUT2D eigenvalue weighted by Crippen LogP contribution is 2.11. The molecule has 3 N–H and O–H groups in total. The number of carbonyl (C=O) groups is 1. The molecule has 88 valence electrons. The maximum Gasteiger partial charge on any atom is 0.192 e. The van der Waals surface area contributed by atoms with Gasteiger partial charge in [-0.15, -0.1) is 0 Å². The molecular formula is C12H12FN3O. The Morgan fingerprint density at radius 1 is 1.65 bits per heavy atom. The largest absolute Gasteiger partial charge is 0.321 e. The number of benzene rings is 1. The minimum Gasteiger partial charge on any atom is -0.321 e. The number of nitrogens with one attached hydrogen (secondary N) is 1. The second-order valence-electron chi connectivity index (χ2n) is 3.73. The molecule has 0 amide bonds. The van der Waals surface area contributed by atoms with Crippen molar-refractivity contribution in [2.24, 2.45) is 5.73 Å². The van der Waals surface area contributed by atoms with E-state index in [0.717, 1.165) is 6.07 Å². The Labute approximate surface area is 98.4 Å². The second-order valence-corrected chi connectivity index (χ2v) is 3.73. The van der Waals surface area contributed by atoms with Gasteiger partial charge in [0.25, 0.3) is 0 Å². The van der Waals surface area contributed by atoms with Crippen LogP contribution in [0.15, 0.2) is 18.2 Å². The van der Waals surface area contributed by atoms with Crippen molar-refractivity contribution in [3.05, 3.63) is 35.1 Å². The second kappa shape index (κ2) is 5.32. The van der Waals surface area contributed by atoms with Gasteiger partial charge in [-0.05, 0) is 30.7 Å². The summed E-state index contributed by atoms with van der Waals surface area (Å²) in [4.78, 5) is 11.4. The van der Waals surface area contributed by atoms with Crippen molar-refractivity contribution in [2.45, 2.75) is 19.4 Å². The zero-order chi connectivity index (χ0) is 13.0. The lowest BCUT2D eigenvalue weighted by molar-refractivity contribution is -0.113. The molecule has 0 saturated heterocycles. The van der Waals surface area contributed by atoms with Crippen molar-refractivity contribution in [3.8, 4) is 6.07 Å². The topological polar surface area (TPSA) is 90.7 Å². The van der Waals surface area contributed by atoms with Crippen LogP contribution in [0.3, 0.4) is 0 Å². The van der Waals surface area contributed by atoms with Gasteiger partial charge in [-0.25, -0.2) is 4.39 Å². The molecule has 0 bridgehead atoms. The van der Waals surface area contributed by atoms with Crippen LogP contribution in [-0.2, 0) is 11.2 Å². The zero-order valence-corrected chi connectivity index (χ0v) is 9.33. The minimum atomic E-state index is -0.773. The Kier molecular flexibility index (Phi) is 4.07. The Morgan fingerprint density at radius 2 is 2.29 bits per heavy atom. The normalized spacial score (nSPS) is 11.6. The number of nitriles is 1. The molecule has 0 spiro atoms. The summed E-state index contributed by atoms with van der Waals surface area (Å²) in [5.74, 6) is -1.06.